The van der Waals surface area contributed by atoms with Gasteiger partial charge in [-0.3, -0.25) is 24.2 Å². The summed E-state index contributed by atoms with van der Waals surface area (Å²) >= 11 is 1.12. The lowest BCUT2D eigenvalue weighted by molar-refractivity contribution is -0.138. The van der Waals surface area contributed by atoms with Crippen molar-refractivity contribution in [3.8, 4) is 0 Å². The second kappa shape index (κ2) is 13.0. The van der Waals surface area contributed by atoms with Crippen molar-refractivity contribution in [3.05, 3.63) is 60.2 Å². The van der Waals surface area contributed by atoms with Gasteiger partial charge >= 0.3 is 19.1 Å². The molecule has 0 saturated carbocycles. The number of nitrogens with zero attached hydrogens (tertiary/aromatic N) is 2. The molecule has 3 rings (SSSR count). The van der Waals surface area contributed by atoms with E-state index in [1.54, 1.807) is 0 Å². The van der Waals surface area contributed by atoms with Crippen LogP contribution < -0.4 is 5.32 Å². The van der Waals surface area contributed by atoms with E-state index >= 15 is 0 Å². The van der Waals surface area contributed by atoms with Crippen LogP contribution in [0.4, 0.5) is 0 Å². The number of Topliss-reactive ketones (excluding diaryl/α,β-unsaturated/α-hetero) is 1. The van der Waals surface area contributed by atoms with E-state index in [1.807, 2.05) is 44.2 Å². The number of nitrogens with one attached hydrogen (secondary N) is 1. The number of carbonyl (C=O) groups excluding carboxylic acids is 4. The van der Waals surface area contributed by atoms with Crippen molar-refractivity contribution in [2.24, 2.45) is 5.92 Å². The third kappa shape index (κ3) is 8.50. The van der Waals surface area contributed by atoms with Gasteiger partial charge in [-0.25, -0.2) is 4.98 Å². The van der Waals surface area contributed by atoms with Crippen molar-refractivity contribution in [3.63, 3.8) is 0 Å². The highest BCUT2D eigenvalue weighted by atomic mass is 32.2. The maximum absolute atomic E-state index is 13.5. The standard InChI is InChI=1S/C24H28BN3O6S/c1-16(2)10-18(25-33-22(30)14-35-15-23(31)34-25)12-21(29)19(11-17-6-4-3-5-7-17)28-24(32)20-13-26-8-9-27-20/h3-9,13,16,18-19H,10-12,14-15H2,1-2H3,(H,28,32)/t18-,19+/m1/s1. The molecule has 9 nitrogen and oxygen atoms in total. The number of amides is 1. The van der Waals surface area contributed by atoms with Crippen LogP contribution in [0.3, 0.4) is 0 Å². The average Bonchev–Trinajstić information content (AvgIpc) is 2.82. The summed E-state index contributed by atoms with van der Waals surface area (Å²) < 4.78 is 10.8. The Kier molecular flexibility index (Phi) is 9.83. The molecule has 2 aromatic rings. The van der Waals surface area contributed by atoms with E-state index < -0.39 is 36.8 Å². The predicted molar refractivity (Wildman–Crippen MR) is 132 cm³/mol. The zero-order valence-corrected chi connectivity index (χ0v) is 20.5. The van der Waals surface area contributed by atoms with Gasteiger partial charge in [-0.15, -0.1) is 11.8 Å². The molecule has 2 heterocycles. The first-order chi connectivity index (χ1) is 16.8. The number of carbonyl (C=O) groups is 4. The highest BCUT2D eigenvalue weighted by molar-refractivity contribution is 8.00. The molecule has 1 amide bonds. The third-order valence-corrected chi connectivity index (χ3v) is 6.21. The molecule has 1 aliphatic rings. The molecule has 1 fully saturated rings. The van der Waals surface area contributed by atoms with Crippen LogP contribution in [0.2, 0.25) is 5.82 Å². The Bertz CT molecular complexity index is 1010. The zero-order chi connectivity index (χ0) is 25.2. The summed E-state index contributed by atoms with van der Waals surface area (Å²) in [4.78, 5) is 58.5. The molecule has 0 aliphatic carbocycles. The van der Waals surface area contributed by atoms with Gasteiger partial charge in [0.25, 0.3) is 5.91 Å². The first kappa shape index (κ1) is 26.4. The summed E-state index contributed by atoms with van der Waals surface area (Å²) in [6.45, 7) is 3.94. The molecular formula is C24H28BN3O6S. The Balaban J connectivity index is 1.81. The van der Waals surface area contributed by atoms with Crippen LogP contribution in [-0.4, -0.2) is 58.3 Å². The average molecular weight is 497 g/mol. The molecule has 2 atom stereocenters. The predicted octanol–water partition coefficient (Wildman–Crippen LogP) is 2.51. The van der Waals surface area contributed by atoms with E-state index in [9.17, 15) is 19.2 Å². The van der Waals surface area contributed by atoms with E-state index in [1.165, 1.54) is 18.6 Å². The molecule has 1 aromatic heterocycles. The fraction of sp³-hybridized carbons (Fsp3) is 0.417. The van der Waals surface area contributed by atoms with E-state index in [-0.39, 0.29) is 41.7 Å². The minimum Gasteiger partial charge on any atom is -0.498 e. The van der Waals surface area contributed by atoms with Crippen LogP contribution >= 0.6 is 11.8 Å². The second-order valence-electron chi connectivity index (χ2n) is 8.71. The van der Waals surface area contributed by atoms with Crippen LogP contribution in [0.15, 0.2) is 48.9 Å². The van der Waals surface area contributed by atoms with Crippen LogP contribution in [0.25, 0.3) is 0 Å². The topological polar surface area (TPSA) is 125 Å². The van der Waals surface area contributed by atoms with Gasteiger partial charge < -0.3 is 14.6 Å². The number of ketones is 1. The monoisotopic (exact) mass is 497 g/mol. The van der Waals surface area contributed by atoms with Gasteiger partial charge in [0.2, 0.25) is 0 Å². The number of hydrogen-bond donors (Lipinski definition) is 1. The highest BCUT2D eigenvalue weighted by Gasteiger charge is 2.41. The van der Waals surface area contributed by atoms with Gasteiger partial charge in [-0.1, -0.05) is 44.2 Å². The largest absolute Gasteiger partial charge is 0.602 e. The van der Waals surface area contributed by atoms with Crippen LogP contribution in [-0.2, 0) is 30.1 Å². The molecule has 0 unspecified atom stereocenters. The molecule has 1 N–H and O–H groups in total. The SMILES string of the molecule is CC(C)C[C@H](CC(=O)[C@H](Cc1ccccc1)NC(=O)c1cnccn1)B1OC(=O)CSCC(=O)O1. The van der Waals surface area contributed by atoms with Crippen LogP contribution in [0, 0.1) is 5.92 Å². The van der Waals surface area contributed by atoms with Crippen molar-refractivity contribution in [2.75, 3.05) is 11.5 Å². The summed E-state index contributed by atoms with van der Waals surface area (Å²) in [5.74, 6) is -2.10. The van der Waals surface area contributed by atoms with E-state index in [0.29, 0.717) is 6.42 Å². The van der Waals surface area contributed by atoms with Gasteiger partial charge in [-0.05, 0) is 24.3 Å². The number of aromatic nitrogens is 2. The summed E-state index contributed by atoms with van der Waals surface area (Å²) in [7, 11) is -1.16. The Morgan fingerprint density at radius 3 is 2.37 bits per heavy atom. The molecule has 35 heavy (non-hydrogen) atoms. The molecule has 0 spiro atoms. The van der Waals surface area contributed by atoms with Gasteiger partial charge in [0.05, 0.1) is 23.7 Å². The lowest BCUT2D eigenvalue weighted by Crippen LogP contribution is -2.45. The van der Waals surface area contributed by atoms with E-state index in [4.69, 9.17) is 9.31 Å². The summed E-state index contributed by atoms with van der Waals surface area (Å²) in [5.41, 5.74) is 0.962. The lowest BCUT2D eigenvalue weighted by atomic mass is 9.65. The first-order valence-electron chi connectivity index (χ1n) is 11.4. The Hall–Kier alpha value is -3.21. The number of thioether (sulfide) groups is 1. The van der Waals surface area contributed by atoms with Crippen molar-refractivity contribution < 1.29 is 28.5 Å². The number of hydrogen-bond acceptors (Lipinski definition) is 9. The third-order valence-electron chi connectivity index (χ3n) is 5.33. The van der Waals surface area contributed by atoms with Gasteiger partial charge in [-0.2, -0.15) is 0 Å². The zero-order valence-electron chi connectivity index (χ0n) is 19.7. The first-order valence-corrected chi connectivity index (χ1v) is 12.6. The molecular weight excluding hydrogens is 469 g/mol. The Morgan fingerprint density at radius 1 is 1.09 bits per heavy atom. The van der Waals surface area contributed by atoms with E-state index in [2.05, 4.69) is 15.3 Å². The summed E-state index contributed by atoms with van der Waals surface area (Å²) in [6, 6.07) is 8.46. The van der Waals surface area contributed by atoms with Crippen LogP contribution in [0.1, 0.15) is 42.7 Å². The summed E-state index contributed by atoms with van der Waals surface area (Å²) in [5, 5.41) is 2.77. The molecule has 1 saturated heterocycles. The van der Waals surface area contributed by atoms with Gasteiger partial charge in [0.1, 0.15) is 5.69 Å². The molecule has 184 valence electrons. The highest BCUT2D eigenvalue weighted by Crippen LogP contribution is 2.29. The van der Waals surface area contributed by atoms with E-state index in [0.717, 1.165) is 17.3 Å². The van der Waals surface area contributed by atoms with Gasteiger partial charge in [0, 0.05) is 24.6 Å². The lowest BCUT2D eigenvalue weighted by Gasteiger charge is -2.26. The molecule has 0 bridgehead atoms. The van der Waals surface area contributed by atoms with Crippen molar-refractivity contribution in [1.82, 2.24) is 15.3 Å². The minimum absolute atomic E-state index is 0.0404. The molecule has 1 aliphatic heterocycles. The normalized spacial score (nSPS) is 15.9. The van der Waals surface area contributed by atoms with Crippen molar-refractivity contribution in [2.45, 2.75) is 45.0 Å². The molecule has 1 aromatic carbocycles. The Morgan fingerprint density at radius 2 is 1.77 bits per heavy atom. The summed E-state index contributed by atoms with van der Waals surface area (Å²) in [6.07, 6.45) is 4.88. The molecule has 11 heteroatoms. The van der Waals surface area contributed by atoms with Crippen LogP contribution in [0.5, 0.6) is 0 Å². The maximum Gasteiger partial charge on any atom is 0.602 e. The minimum atomic E-state index is -1.16. The van der Waals surface area contributed by atoms with Crippen molar-refractivity contribution >= 4 is 42.5 Å². The molecule has 0 radical (unpaired) electrons. The quantitative estimate of drug-likeness (QED) is 0.493. The Labute approximate surface area is 208 Å². The fourth-order valence-corrected chi connectivity index (χ4v) is 4.37. The second-order valence-corrected chi connectivity index (χ2v) is 9.69. The van der Waals surface area contributed by atoms with Gasteiger partial charge in [0.15, 0.2) is 5.78 Å². The fourth-order valence-electron chi connectivity index (χ4n) is 3.80. The number of benzene rings is 1. The smallest absolute Gasteiger partial charge is 0.498 e. The van der Waals surface area contributed by atoms with Crippen molar-refractivity contribution in [1.29, 1.82) is 0 Å². The maximum atomic E-state index is 13.5. The number of rotatable bonds is 10.